The number of hydrogen-bond acceptors (Lipinski definition) is 5. The number of hydrogen-bond donors (Lipinski definition) is 2. The van der Waals surface area contributed by atoms with Crippen LogP contribution in [-0.4, -0.2) is 15.8 Å². The molecule has 0 saturated heterocycles. The summed E-state index contributed by atoms with van der Waals surface area (Å²) in [4.78, 5) is 20.5. The van der Waals surface area contributed by atoms with Crippen molar-refractivity contribution in [3.05, 3.63) is 76.7 Å². The van der Waals surface area contributed by atoms with Crippen LogP contribution in [0.15, 0.2) is 54.2 Å². The molecule has 0 aliphatic heterocycles. The molecule has 0 bridgehead atoms. The lowest BCUT2D eigenvalue weighted by Gasteiger charge is -2.11. The molecule has 1 heterocycles. The number of anilines is 4. The summed E-state index contributed by atoms with van der Waals surface area (Å²) in [6.07, 6.45) is 4.70. The Hall–Kier alpha value is -3.54. The molecule has 0 fully saturated rings. The van der Waals surface area contributed by atoms with Gasteiger partial charge in [0.15, 0.2) is 11.6 Å². The second-order valence-corrected chi connectivity index (χ2v) is 7.04. The van der Waals surface area contributed by atoms with E-state index in [1.807, 2.05) is 38.1 Å². The van der Waals surface area contributed by atoms with Crippen LogP contribution in [0.4, 0.5) is 27.5 Å². The van der Waals surface area contributed by atoms with Gasteiger partial charge in [-0.2, -0.15) is 4.98 Å². The molecule has 6 heteroatoms. The number of nitrogens with one attached hydrogen (secondary N) is 2. The highest BCUT2D eigenvalue weighted by Crippen LogP contribution is 2.32. The number of benzene rings is 2. The number of carbonyl (C=O) groups excluding carboxylic acids is 1. The van der Waals surface area contributed by atoms with Crippen LogP contribution in [0.1, 0.15) is 41.8 Å². The van der Waals surface area contributed by atoms with Gasteiger partial charge in [0, 0.05) is 29.4 Å². The molecule has 5 nitrogen and oxygen atoms in total. The van der Waals surface area contributed by atoms with Crippen molar-refractivity contribution in [2.24, 2.45) is 0 Å². The van der Waals surface area contributed by atoms with Gasteiger partial charge in [-0.3, -0.25) is 4.79 Å². The van der Waals surface area contributed by atoms with E-state index in [1.54, 1.807) is 30.5 Å². The Labute approximate surface area is 168 Å². The van der Waals surface area contributed by atoms with Crippen LogP contribution in [-0.2, 0) is 6.42 Å². The van der Waals surface area contributed by atoms with Crippen molar-refractivity contribution in [1.29, 1.82) is 0 Å². The van der Waals surface area contributed by atoms with Crippen LogP contribution >= 0.6 is 0 Å². The minimum absolute atomic E-state index is 0.0707. The van der Waals surface area contributed by atoms with Gasteiger partial charge in [-0.05, 0) is 43.2 Å². The monoisotopic (exact) mass is 388 g/mol. The number of Topliss-reactive ketones (excluding diaryl/α,β-unsaturated/α-hetero) is 1. The predicted octanol–water partition coefficient (Wildman–Crippen LogP) is 5.66. The Bertz CT molecular complexity index is 1120. The molecule has 0 amide bonds. The maximum Gasteiger partial charge on any atom is 0.229 e. The van der Waals surface area contributed by atoms with Crippen LogP contribution < -0.4 is 10.6 Å². The van der Waals surface area contributed by atoms with E-state index < -0.39 is 0 Å². The van der Waals surface area contributed by atoms with Gasteiger partial charge in [0.1, 0.15) is 5.82 Å². The molecule has 1 aliphatic carbocycles. The standard InChI is InChI=1S/C23H21FN4O/c1-3-20(29)16-5-4-6-17(13-16)26-23-25-10-9-21(28-23)27-19-8-7-15-11-14(2)12-18(15)22(19)24/h4-10,12-13H,3,11H2,1-2H3,(H2,25,26,27,28). The number of allylic oxidation sites excluding steroid dienone is 1. The van der Waals surface area contributed by atoms with Gasteiger partial charge < -0.3 is 10.6 Å². The molecule has 4 rings (SSSR count). The summed E-state index contributed by atoms with van der Waals surface area (Å²) in [5, 5.41) is 6.13. The van der Waals surface area contributed by atoms with Gasteiger partial charge in [0.05, 0.1) is 5.69 Å². The number of halogens is 1. The van der Waals surface area contributed by atoms with E-state index in [0.29, 0.717) is 40.7 Å². The number of carbonyl (C=O) groups is 1. The molecule has 1 aromatic heterocycles. The van der Waals surface area contributed by atoms with Gasteiger partial charge in [-0.1, -0.05) is 36.8 Å². The molecule has 2 aromatic carbocycles. The SMILES string of the molecule is CCC(=O)c1cccc(Nc2nccc(Nc3ccc4c(c3F)C=C(C)C4)n2)c1. The Morgan fingerprint density at radius 2 is 2.03 bits per heavy atom. The largest absolute Gasteiger partial charge is 0.338 e. The van der Waals surface area contributed by atoms with Gasteiger partial charge in [0.2, 0.25) is 5.95 Å². The topological polar surface area (TPSA) is 66.9 Å². The number of aromatic nitrogens is 2. The quantitative estimate of drug-likeness (QED) is 0.534. The predicted molar refractivity (Wildman–Crippen MR) is 113 cm³/mol. The Morgan fingerprint density at radius 1 is 1.17 bits per heavy atom. The average Bonchev–Trinajstić information content (AvgIpc) is 3.11. The second-order valence-electron chi connectivity index (χ2n) is 7.04. The van der Waals surface area contributed by atoms with Crippen molar-refractivity contribution in [3.63, 3.8) is 0 Å². The molecule has 0 unspecified atom stereocenters. The minimum Gasteiger partial charge on any atom is -0.338 e. The van der Waals surface area contributed by atoms with Gasteiger partial charge in [-0.25, -0.2) is 9.37 Å². The first-order chi connectivity index (χ1) is 14.0. The molecule has 146 valence electrons. The third-order valence-electron chi connectivity index (χ3n) is 4.81. The number of rotatable bonds is 6. The molecule has 0 atom stereocenters. The van der Waals surface area contributed by atoms with Crippen LogP contribution in [0.5, 0.6) is 0 Å². The van der Waals surface area contributed by atoms with Gasteiger partial charge >= 0.3 is 0 Å². The summed E-state index contributed by atoms with van der Waals surface area (Å²) in [6, 6.07) is 12.5. The van der Waals surface area contributed by atoms with Crippen LogP contribution in [0.25, 0.3) is 6.08 Å². The smallest absolute Gasteiger partial charge is 0.229 e. The molecule has 29 heavy (non-hydrogen) atoms. The van der Waals surface area contributed by atoms with E-state index in [0.717, 1.165) is 17.6 Å². The average molecular weight is 388 g/mol. The Balaban J connectivity index is 1.55. The van der Waals surface area contributed by atoms with E-state index >= 15 is 0 Å². The summed E-state index contributed by atoms with van der Waals surface area (Å²) in [7, 11) is 0. The normalized spacial score (nSPS) is 12.3. The van der Waals surface area contributed by atoms with E-state index in [9.17, 15) is 9.18 Å². The van der Waals surface area contributed by atoms with Crippen molar-refractivity contribution in [2.45, 2.75) is 26.7 Å². The number of ketones is 1. The first-order valence-corrected chi connectivity index (χ1v) is 9.52. The highest BCUT2D eigenvalue weighted by Gasteiger charge is 2.17. The highest BCUT2D eigenvalue weighted by atomic mass is 19.1. The minimum atomic E-state index is -0.279. The summed E-state index contributed by atoms with van der Waals surface area (Å²) in [5.74, 6) is 0.619. The molecule has 0 spiro atoms. The molecule has 1 aliphatic rings. The maximum atomic E-state index is 14.8. The third-order valence-corrected chi connectivity index (χ3v) is 4.81. The fourth-order valence-electron chi connectivity index (χ4n) is 3.37. The van der Waals surface area contributed by atoms with Crippen molar-refractivity contribution >= 4 is 35.0 Å². The lowest BCUT2D eigenvalue weighted by atomic mass is 10.1. The zero-order valence-electron chi connectivity index (χ0n) is 16.3. The van der Waals surface area contributed by atoms with Crippen molar-refractivity contribution < 1.29 is 9.18 Å². The Morgan fingerprint density at radius 3 is 2.86 bits per heavy atom. The lowest BCUT2D eigenvalue weighted by molar-refractivity contribution is 0.0988. The molecule has 0 saturated carbocycles. The fraction of sp³-hybridized carbons (Fsp3) is 0.174. The third kappa shape index (κ3) is 4.01. The summed E-state index contributed by atoms with van der Waals surface area (Å²) >= 11 is 0. The van der Waals surface area contributed by atoms with Gasteiger partial charge in [0.25, 0.3) is 0 Å². The summed E-state index contributed by atoms with van der Waals surface area (Å²) < 4.78 is 14.8. The molecular weight excluding hydrogens is 367 g/mol. The first-order valence-electron chi connectivity index (χ1n) is 9.52. The zero-order chi connectivity index (χ0) is 20.4. The van der Waals surface area contributed by atoms with Crippen molar-refractivity contribution in [3.8, 4) is 0 Å². The maximum absolute atomic E-state index is 14.8. The van der Waals surface area contributed by atoms with Gasteiger partial charge in [-0.15, -0.1) is 0 Å². The van der Waals surface area contributed by atoms with E-state index in [1.165, 1.54) is 0 Å². The number of nitrogens with zero attached hydrogens (tertiary/aromatic N) is 2. The highest BCUT2D eigenvalue weighted by molar-refractivity contribution is 5.96. The van der Waals surface area contributed by atoms with Crippen LogP contribution in [0.3, 0.4) is 0 Å². The first kappa shape index (κ1) is 18.8. The van der Waals surface area contributed by atoms with Crippen LogP contribution in [0.2, 0.25) is 0 Å². The fourth-order valence-corrected chi connectivity index (χ4v) is 3.37. The van der Waals surface area contributed by atoms with Crippen LogP contribution in [0, 0.1) is 5.82 Å². The van der Waals surface area contributed by atoms with E-state index in [4.69, 9.17) is 0 Å². The molecular formula is C23H21FN4O. The Kier molecular flexibility index (Phi) is 5.08. The number of fused-ring (bicyclic) bond motifs is 1. The molecule has 0 radical (unpaired) electrons. The zero-order valence-corrected chi connectivity index (χ0v) is 16.3. The van der Waals surface area contributed by atoms with Crippen molar-refractivity contribution in [2.75, 3.05) is 10.6 Å². The molecule has 3 aromatic rings. The summed E-state index contributed by atoms with van der Waals surface area (Å²) in [6.45, 7) is 3.83. The lowest BCUT2D eigenvalue weighted by Crippen LogP contribution is -2.03. The molecule has 2 N–H and O–H groups in total. The summed E-state index contributed by atoms with van der Waals surface area (Å²) in [5.41, 5.74) is 4.50. The van der Waals surface area contributed by atoms with E-state index in [-0.39, 0.29) is 11.6 Å². The van der Waals surface area contributed by atoms with E-state index in [2.05, 4.69) is 20.6 Å². The second kappa shape index (κ2) is 7.83. The van der Waals surface area contributed by atoms with Crippen molar-refractivity contribution in [1.82, 2.24) is 9.97 Å².